The van der Waals surface area contributed by atoms with Gasteiger partial charge < -0.3 is 15.5 Å². The van der Waals surface area contributed by atoms with E-state index in [1.54, 1.807) is 13.2 Å². The Hall–Kier alpha value is -2.27. The van der Waals surface area contributed by atoms with Crippen LogP contribution in [0.4, 0.5) is 5.82 Å². The van der Waals surface area contributed by atoms with Crippen LogP contribution in [0.25, 0.3) is 0 Å². The number of aromatic nitrogens is 1. The van der Waals surface area contributed by atoms with Gasteiger partial charge in [-0.25, -0.2) is 4.98 Å². The number of nitrogens with zero attached hydrogens (tertiary/aromatic N) is 3. The summed E-state index contributed by atoms with van der Waals surface area (Å²) >= 11 is 6.17. The molecule has 23 heavy (non-hydrogen) atoms. The largest absolute Gasteiger partial charge is 0.362 e. The highest BCUT2D eigenvalue weighted by Gasteiger charge is 2.06. The van der Waals surface area contributed by atoms with Crippen molar-refractivity contribution in [3.8, 4) is 0 Å². The van der Waals surface area contributed by atoms with Gasteiger partial charge in [-0.1, -0.05) is 35.9 Å². The average molecular weight is 332 g/mol. The minimum Gasteiger partial charge on any atom is -0.362 e. The van der Waals surface area contributed by atoms with E-state index in [9.17, 15) is 0 Å². The van der Waals surface area contributed by atoms with E-state index < -0.39 is 0 Å². The SMILES string of the molecule is CN=C(NCc1ccccc1Cl)NCc1cccnc1N(C)C. The van der Waals surface area contributed by atoms with Gasteiger partial charge in [-0.3, -0.25) is 4.99 Å². The van der Waals surface area contributed by atoms with Gasteiger partial charge in [0, 0.05) is 51.0 Å². The summed E-state index contributed by atoms with van der Waals surface area (Å²) in [6.07, 6.45) is 1.79. The molecule has 2 aromatic rings. The van der Waals surface area contributed by atoms with E-state index in [2.05, 4.69) is 26.7 Å². The summed E-state index contributed by atoms with van der Waals surface area (Å²) in [5, 5.41) is 7.31. The van der Waals surface area contributed by atoms with Crippen LogP contribution in [0.3, 0.4) is 0 Å². The Bertz CT molecular complexity index is 670. The molecule has 122 valence electrons. The van der Waals surface area contributed by atoms with Crippen LogP contribution in [0.15, 0.2) is 47.6 Å². The number of hydrogen-bond acceptors (Lipinski definition) is 3. The zero-order valence-corrected chi connectivity index (χ0v) is 14.4. The number of hydrogen-bond donors (Lipinski definition) is 2. The molecule has 0 amide bonds. The molecule has 5 nitrogen and oxygen atoms in total. The Morgan fingerprint density at radius 2 is 1.74 bits per heavy atom. The predicted molar refractivity (Wildman–Crippen MR) is 97.1 cm³/mol. The Kier molecular flexibility index (Phi) is 6.23. The molecule has 0 bridgehead atoms. The fourth-order valence-electron chi connectivity index (χ4n) is 2.19. The molecule has 0 atom stereocenters. The zero-order chi connectivity index (χ0) is 16.7. The van der Waals surface area contributed by atoms with Crippen molar-refractivity contribution in [1.82, 2.24) is 15.6 Å². The first-order valence-corrected chi connectivity index (χ1v) is 7.78. The van der Waals surface area contributed by atoms with Crippen LogP contribution in [0.1, 0.15) is 11.1 Å². The third kappa shape index (κ3) is 4.86. The van der Waals surface area contributed by atoms with Gasteiger partial charge in [-0.15, -0.1) is 0 Å². The van der Waals surface area contributed by atoms with Crippen molar-refractivity contribution in [2.75, 3.05) is 26.0 Å². The lowest BCUT2D eigenvalue weighted by Crippen LogP contribution is -2.36. The van der Waals surface area contributed by atoms with Crippen LogP contribution < -0.4 is 15.5 Å². The van der Waals surface area contributed by atoms with Crippen LogP contribution in [0.5, 0.6) is 0 Å². The van der Waals surface area contributed by atoms with Gasteiger partial charge in [-0.2, -0.15) is 0 Å². The lowest BCUT2D eigenvalue weighted by atomic mass is 10.2. The van der Waals surface area contributed by atoms with E-state index in [0.29, 0.717) is 13.1 Å². The number of benzene rings is 1. The number of nitrogens with one attached hydrogen (secondary N) is 2. The molecule has 0 aliphatic heterocycles. The van der Waals surface area contributed by atoms with Gasteiger partial charge in [0.15, 0.2) is 5.96 Å². The van der Waals surface area contributed by atoms with Crippen LogP contribution in [-0.2, 0) is 13.1 Å². The Balaban J connectivity index is 1.95. The topological polar surface area (TPSA) is 52.6 Å². The molecule has 0 unspecified atom stereocenters. The van der Waals surface area contributed by atoms with Gasteiger partial charge in [0.2, 0.25) is 0 Å². The fraction of sp³-hybridized carbons (Fsp3) is 0.294. The third-order valence-electron chi connectivity index (χ3n) is 3.37. The summed E-state index contributed by atoms with van der Waals surface area (Å²) < 4.78 is 0. The molecular weight excluding hydrogens is 310 g/mol. The molecule has 6 heteroatoms. The Morgan fingerprint density at radius 3 is 2.39 bits per heavy atom. The van der Waals surface area contributed by atoms with Gasteiger partial charge in [-0.05, 0) is 17.7 Å². The summed E-state index contributed by atoms with van der Waals surface area (Å²) in [5.41, 5.74) is 2.14. The molecule has 0 fully saturated rings. The summed E-state index contributed by atoms with van der Waals surface area (Å²) in [6, 6.07) is 11.8. The number of pyridine rings is 1. The highest BCUT2D eigenvalue weighted by Crippen LogP contribution is 2.15. The first kappa shape index (κ1) is 17.1. The number of guanidine groups is 1. The molecule has 1 aromatic heterocycles. The highest BCUT2D eigenvalue weighted by atomic mass is 35.5. The molecule has 0 spiro atoms. The summed E-state index contributed by atoms with van der Waals surface area (Å²) in [4.78, 5) is 10.6. The van der Waals surface area contributed by atoms with Crippen molar-refractivity contribution in [2.24, 2.45) is 4.99 Å². The first-order chi connectivity index (χ1) is 11.1. The van der Waals surface area contributed by atoms with Crippen molar-refractivity contribution in [3.63, 3.8) is 0 Å². The van der Waals surface area contributed by atoms with E-state index in [4.69, 9.17) is 11.6 Å². The molecule has 0 aliphatic carbocycles. The lowest BCUT2D eigenvalue weighted by molar-refractivity contribution is 0.804. The fourth-order valence-corrected chi connectivity index (χ4v) is 2.39. The summed E-state index contributed by atoms with van der Waals surface area (Å²) in [7, 11) is 5.71. The Morgan fingerprint density at radius 1 is 1.09 bits per heavy atom. The molecule has 2 N–H and O–H groups in total. The van der Waals surface area contributed by atoms with Gasteiger partial charge in [0.25, 0.3) is 0 Å². The average Bonchev–Trinajstić information content (AvgIpc) is 2.56. The normalized spacial score (nSPS) is 11.2. The smallest absolute Gasteiger partial charge is 0.191 e. The molecule has 1 heterocycles. The zero-order valence-electron chi connectivity index (χ0n) is 13.7. The van der Waals surface area contributed by atoms with Gasteiger partial charge in [0.05, 0.1) is 0 Å². The maximum atomic E-state index is 6.17. The van der Waals surface area contributed by atoms with Crippen LogP contribution in [0, 0.1) is 0 Å². The van der Waals surface area contributed by atoms with E-state index in [-0.39, 0.29) is 0 Å². The monoisotopic (exact) mass is 331 g/mol. The molecule has 2 rings (SSSR count). The van der Waals surface area contributed by atoms with Gasteiger partial charge in [0.1, 0.15) is 5.82 Å². The number of rotatable bonds is 5. The molecular formula is C17H22ClN5. The van der Waals surface area contributed by atoms with Crippen molar-refractivity contribution < 1.29 is 0 Å². The second-order valence-corrected chi connectivity index (χ2v) is 5.66. The van der Waals surface area contributed by atoms with E-state index in [0.717, 1.165) is 27.9 Å². The second kappa shape index (κ2) is 8.39. The molecule has 0 aliphatic rings. The number of aliphatic imine (C=N–C) groups is 1. The summed E-state index contributed by atoms with van der Waals surface area (Å²) in [5.74, 6) is 1.67. The quantitative estimate of drug-likeness (QED) is 0.653. The Labute approximate surface area is 142 Å². The molecule has 1 aromatic carbocycles. The van der Waals surface area contributed by atoms with E-state index >= 15 is 0 Å². The minimum absolute atomic E-state index is 0.618. The van der Waals surface area contributed by atoms with Crippen molar-refractivity contribution in [1.29, 1.82) is 0 Å². The highest BCUT2D eigenvalue weighted by molar-refractivity contribution is 6.31. The number of halogens is 1. The number of anilines is 1. The van der Waals surface area contributed by atoms with Crippen LogP contribution in [-0.4, -0.2) is 32.1 Å². The molecule has 0 saturated carbocycles. The lowest BCUT2D eigenvalue weighted by Gasteiger charge is -2.17. The van der Waals surface area contributed by atoms with Crippen LogP contribution in [0.2, 0.25) is 5.02 Å². The first-order valence-electron chi connectivity index (χ1n) is 7.41. The predicted octanol–water partition coefficient (Wildman–Crippen LogP) is 2.67. The van der Waals surface area contributed by atoms with E-state index in [1.165, 1.54) is 0 Å². The standard InChI is InChI=1S/C17H22ClN5/c1-19-17(21-11-13-7-4-5-9-15(13)18)22-12-14-8-6-10-20-16(14)23(2)3/h4-10H,11-12H2,1-3H3,(H2,19,21,22). The maximum Gasteiger partial charge on any atom is 0.191 e. The minimum atomic E-state index is 0.618. The van der Waals surface area contributed by atoms with Crippen molar-refractivity contribution >= 4 is 23.4 Å². The third-order valence-corrected chi connectivity index (χ3v) is 3.73. The second-order valence-electron chi connectivity index (χ2n) is 5.25. The van der Waals surface area contributed by atoms with Crippen LogP contribution >= 0.6 is 11.6 Å². The van der Waals surface area contributed by atoms with Crippen molar-refractivity contribution in [3.05, 3.63) is 58.7 Å². The van der Waals surface area contributed by atoms with Gasteiger partial charge >= 0.3 is 0 Å². The van der Waals surface area contributed by atoms with E-state index in [1.807, 2.05) is 49.3 Å². The van der Waals surface area contributed by atoms with Crippen molar-refractivity contribution in [2.45, 2.75) is 13.1 Å². The summed E-state index contributed by atoms with van der Waals surface area (Å²) in [6.45, 7) is 1.26. The maximum absolute atomic E-state index is 6.17. The molecule has 0 saturated heterocycles. The molecule has 0 radical (unpaired) electrons.